The largest absolute Gasteiger partial charge is 0.496 e. The van der Waals surface area contributed by atoms with Gasteiger partial charge in [0.2, 0.25) is 5.91 Å². The number of hydrogen-bond donors (Lipinski definition) is 1. The zero-order valence-corrected chi connectivity index (χ0v) is 15.9. The van der Waals surface area contributed by atoms with Gasteiger partial charge in [-0.25, -0.2) is 0 Å². The van der Waals surface area contributed by atoms with Gasteiger partial charge in [-0.1, -0.05) is 18.2 Å². The molecule has 0 saturated carbocycles. The van der Waals surface area contributed by atoms with Crippen LogP contribution in [0.25, 0.3) is 0 Å². The summed E-state index contributed by atoms with van der Waals surface area (Å²) in [6.07, 6.45) is 4.08. The molecule has 1 aromatic carbocycles. The molecule has 1 amide bonds. The second-order valence-electron chi connectivity index (χ2n) is 6.73. The van der Waals surface area contributed by atoms with E-state index in [4.69, 9.17) is 4.74 Å². The molecule has 2 saturated heterocycles. The topological polar surface area (TPSA) is 44.8 Å². The summed E-state index contributed by atoms with van der Waals surface area (Å²) in [5.74, 6) is 1.28. The number of amides is 1. The summed E-state index contributed by atoms with van der Waals surface area (Å²) in [5.41, 5.74) is 1.27. The molecule has 1 N–H and O–H groups in total. The summed E-state index contributed by atoms with van der Waals surface area (Å²) in [7, 11) is 1.73. The molecule has 0 aromatic heterocycles. The maximum Gasteiger partial charge on any atom is 0.223 e. The van der Waals surface area contributed by atoms with Gasteiger partial charge in [0.25, 0.3) is 0 Å². The highest BCUT2D eigenvalue weighted by molar-refractivity contribution is 5.85. The van der Waals surface area contributed by atoms with E-state index in [9.17, 15) is 4.79 Å². The van der Waals surface area contributed by atoms with Crippen molar-refractivity contribution in [1.29, 1.82) is 0 Å². The van der Waals surface area contributed by atoms with Crippen molar-refractivity contribution in [3.8, 4) is 5.75 Å². The number of rotatable bonds is 6. The molecular formula is C19H30ClN3O2. The third kappa shape index (κ3) is 5.33. The van der Waals surface area contributed by atoms with E-state index in [0.29, 0.717) is 18.4 Å². The predicted molar refractivity (Wildman–Crippen MR) is 103 cm³/mol. The number of nitrogens with zero attached hydrogens (tertiary/aromatic N) is 2. The van der Waals surface area contributed by atoms with Crippen LogP contribution in [0.3, 0.4) is 0 Å². The Labute approximate surface area is 157 Å². The molecule has 140 valence electrons. The number of nitrogens with one attached hydrogen (secondary N) is 1. The molecule has 0 bridgehead atoms. The molecule has 0 aliphatic carbocycles. The number of carbonyl (C=O) groups excluding carboxylic acids is 1. The van der Waals surface area contributed by atoms with Gasteiger partial charge in [-0.15, -0.1) is 12.4 Å². The van der Waals surface area contributed by atoms with Crippen LogP contribution in [0, 0.1) is 0 Å². The molecule has 2 fully saturated rings. The number of piperazine rings is 1. The second-order valence-corrected chi connectivity index (χ2v) is 6.73. The first kappa shape index (κ1) is 20.0. The molecule has 25 heavy (non-hydrogen) atoms. The number of benzene rings is 1. The van der Waals surface area contributed by atoms with Gasteiger partial charge >= 0.3 is 0 Å². The summed E-state index contributed by atoms with van der Waals surface area (Å²) in [6, 6.07) is 8.80. The lowest BCUT2D eigenvalue weighted by Gasteiger charge is -2.29. The van der Waals surface area contributed by atoms with E-state index in [1.165, 1.54) is 18.4 Å². The summed E-state index contributed by atoms with van der Waals surface area (Å²) in [4.78, 5) is 16.9. The highest BCUT2D eigenvalue weighted by atomic mass is 35.5. The van der Waals surface area contributed by atoms with Gasteiger partial charge in [-0.2, -0.15) is 0 Å². The van der Waals surface area contributed by atoms with E-state index >= 15 is 0 Å². The lowest BCUT2D eigenvalue weighted by Crippen LogP contribution is -2.47. The molecule has 3 rings (SSSR count). The zero-order valence-electron chi connectivity index (χ0n) is 15.1. The van der Waals surface area contributed by atoms with Crippen LogP contribution < -0.4 is 10.1 Å². The number of ether oxygens (including phenoxy) is 1. The highest BCUT2D eigenvalue weighted by Gasteiger charge is 2.26. The number of carbonyl (C=O) groups is 1. The van der Waals surface area contributed by atoms with Crippen LogP contribution in [-0.2, 0) is 11.2 Å². The summed E-state index contributed by atoms with van der Waals surface area (Å²) < 4.78 is 5.48. The zero-order chi connectivity index (χ0) is 16.8. The van der Waals surface area contributed by atoms with Crippen molar-refractivity contribution >= 4 is 18.3 Å². The molecule has 6 heteroatoms. The van der Waals surface area contributed by atoms with Crippen LogP contribution in [0.2, 0.25) is 0 Å². The van der Waals surface area contributed by atoms with Crippen molar-refractivity contribution in [2.45, 2.75) is 31.7 Å². The van der Waals surface area contributed by atoms with E-state index in [1.54, 1.807) is 7.11 Å². The number of halogens is 1. The lowest BCUT2D eigenvalue weighted by molar-refractivity contribution is -0.132. The fourth-order valence-electron chi connectivity index (χ4n) is 3.86. The van der Waals surface area contributed by atoms with Crippen LogP contribution >= 0.6 is 12.4 Å². The molecule has 2 aliphatic heterocycles. The maximum atomic E-state index is 12.4. The Bertz CT molecular complexity index is 549. The second kappa shape index (κ2) is 10.00. The first-order chi connectivity index (χ1) is 11.8. The Morgan fingerprint density at radius 3 is 2.76 bits per heavy atom. The molecule has 2 aliphatic rings. The van der Waals surface area contributed by atoms with Crippen LogP contribution in [-0.4, -0.2) is 68.1 Å². The van der Waals surface area contributed by atoms with Crippen molar-refractivity contribution in [3.63, 3.8) is 0 Å². The van der Waals surface area contributed by atoms with Gasteiger partial charge in [-0.3, -0.25) is 9.69 Å². The molecule has 5 nitrogen and oxygen atoms in total. The minimum Gasteiger partial charge on any atom is -0.496 e. The van der Waals surface area contributed by atoms with Crippen LogP contribution in [0.1, 0.15) is 24.8 Å². The molecular weight excluding hydrogens is 338 g/mol. The van der Waals surface area contributed by atoms with Crippen molar-refractivity contribution < 1.29 is 9.53 Å². The first-order valence-electron chi connectivity index (χ1n) is 9.12. The fourth-order valence-corrected chi connectivity index (χ4v) is 3.86. The number of hydrogen-bond acceptors (Lipinski definition) is 4. The van der Waals surface area contributed by atoms with Gasteiger partial charge in [0, 0.05) is 45.2 Å². The highest BCUT2D eigenvalue weighted by Crippen LogP contribution is 2.26. The van der Waals surface area contributed by atoms with Crippen LogP contribution in [0.5, 0.6) is 5.75 Å². The average Bonchev–Trinajstić information content (AvgIpc) is 3.08. The molecule has 1 aromatic rings. The molecule has 0 radical (unpaired) electrons. The third-order valence-electron chi connectivity index (χ3n) is 5.23. The minimum absolute atomic E-state index is 0. The Morgan fingerprint density at radius 1 is 1.24 bits per heavy atom. The van der Waals surface area contributed by atoms with E-state index in [-0.39, 0.29) is 12.4 Å². The number of para-hydroxylation sites is 1. The number of likely N-dealkylation sites (tertiary alicyclic amines) is 1. The van der Waals surface area contributed by atoms with Gasteiger partial charge in [0.05, 0.1) is 7.11 Å². The summed E-state index contributed by atoms with van der Waals surface area (Å²) >= 11 is 0. The van der Waals surface area contributed by atoms with Crippen molar-refractivity contribution in [2.24, 2.45) is 0 Å². The first-order valence-corrected chi connectivity index (χ1v) is 9.12. The van der Waals surface area contributed by atoms with Gasteiger partial charge in [0.15, 0.2) is 0 Å². The normalized spacial score (nSPS) is 21.0. The minimum atomic E-state index is 0. The predicted octanol–water partition coefficient (Wildman–Crippen LogP) is 1.95. The maximum absolute atomic E-state index is 12.4. The van der Waals surface area contributed by atoms with E-state index in [0.717, 1.165) is 51.4 Å². The van der Waals surface area contributed by atoms with Gasteiger partial charge in [0.1, 0.15) is 5.75 Å². The molecule has 0 spiro atoms. The Kier molecular flexibility index (Phi) is 8.00. The van der Waals surface area contributed by atoms with E-state index < -0.39 is 0 Å². The van der Waals surface area contributed by atoms with Gasteiger partial charge < -0.3 is 15.0 Å². The van der Waals surface area contributed by atoms with Crippen LogP contribution in [0.4, 0.5) is 0 Å². The molecule has 1 atom stereocenters. The fraction of sp³-hybridized carbons (Fsp3) is 0.632. The van der Waals surface area contributed by atoms with Crippen molar-refractivity contribution in [3.05, 3.63) is 29.8 Å². The monoisotopic (exact) mass is 367 g/mol. The SMILES string of the molecule is COc1ccccc1CC1CCCN1CCC(=O)N1CCNCC1.Cl. The number of methoxy groups -OCH3 is 1. The van der Waals surface area contributed by atoms with E-state index in [2.05, 4.69) is 22.3 Å². The Balaban J connectivity index is 0.00000225. The third-order valence-corrected chi connectivity index (χ3v) is 5.23. The quantitative estimate of drug-likeness (QED) is 0.834. The van der Waals surface area contributed by atoms with Gasteiger partial charge in [-0.05, 0) is 37.4 Å². The lowest BCUT2D eigenvalue weighted by atomic mass is 10.0. The Hall–Kier alpha value is -1.30. The van der Waals surface area contributed by atoms with Crippen LogP contribution in [0.15, 0.2) is 24.3 Å². The summed E-state index contributed by atoms with van der Waals surface area (Å²) in [5, 5.41) is 3.30. The van der Waals surface area contributed by atoms with Crippen molar-refractivity contribution in [2.75, 3.05) is 46.4 Å². The molecule has 2 heterocycles. The average molecular weight is 368 g/mol. The molecule has 1 unspecified atom stereocenters. The Morgan fingerprint density at radius 2 is 2.00 bits per heavy atom. The summed E-state index contributed by atoms with van der Waals surface area (Å²) in [6.45, 7) is 5.53. The standard InChI is InChI=1S/C19H29N3O2.ClH/c1-24-18-7-3-2-5-16(18)15-17-6-4-11-21(17)12-8-19(23)22-13-9-20-10-14-22;/h2-3,5,7,17,20H,4,6,8-15H2,1H3;1H. The van der Waals surface area contributed by atoms with E-state index in [1.807, 2.05) is 17.0 Å². The van der Waals surface area contributed by atoms with Crippen molar-refractivity contribution in [1.82, 2.24) is 15.1 Å². The smallest absolute Gasteiger partial charge is 0.223 e.